The third-order valence-corrected chi connectivity index (χ3v) is 8.13. The van der Waals surface area contributed by atoms with Crippen LogP contribution >= 0.6 is 11.6 Å². The number of rotatable bonds is 2. The Labute approximate surface area is 177 Å². The normalized spacial score (nSPS) is 29.2. The summed E-state index contributed by atoms with van der Waals surface area (Å²) in [6.45, 7) is 2.48. The van der Waals surface area contributed by atoms with Gasteiger partial charge in [-0.05, 0) is 96.9 Å². The summed E-state index contributed by atoms with van der Waals surface area (Å²) in [6, 6.07) is 11.7. The van der Waals surface area contributed by atoms with Crippen LogP contribution < -0.4 is 10.2 Å². The van der Waals surface area contributed by atoms with Crippen molar-refractivity contribution in [3.63, 3.8) is 0 Å². The Balaban J connectivity index is 1.41. The van der Waals surface area contributed by atoms with Crippen molar-refractivity contribution in [1.29, 1.82) is 0 Å². The molecular formula is C25H27ClN2O. The van der Waals surface area contributed by atoms with Crippen LogP contribution in [-0.4, -0.2) is 19.0 Å². The SMILES string of the molecule is O=C(Nc1cc2c3c(c1)[C@@H]1CCC[C@H]1CN3C[C@@H]1CCC[C@H]21)c1ccc(Cl)cc1. The lowest BCUT2D eigenvalue weighted by atomic mass is 9.75. The smallest absolute Gasteiger partial charge is 0.255 e. The van der Waals surface area contributed by atoms with Gasteiger partial charge in [-0.1, -0.05) is 24.4 Å². The van der Waals surface area contributed by atoms with E-state index in [2.05, 4.69) is 22.3 Å². The summed E-state index contributed by atoms with van der Waals surface area (Å²) >= 11 is 5.98. The second kappa shape index (κ2) is 6.77. The first-order valence-corrected chi connectivity index (χ1v) is 11.5. The van der Waals surface area contributed by atoms with Crippen molar-refractivity contribution in [1.82, 2.24) is 0 Å². The van der Waals surface area contributed by atoms with E-state index in [1.165, 1.54) is 68.4 Å². The maximum atomic E-state index is 12.9. The Morgan fingerprint density at radius 2 is 1.48 bits per heavy atom. The molecule has 150 valence electrons. The van der Waals surface area contributed by atoms with Crippen LogP contribution in [0.2, 0.25) is 5.02 Å². The standard InChI is InChI=1S/C25H27ClN2O/c26-18-9-7-15(8-10-18)25(29)27-19-11-22-20-5-1-3-16(20)13-28-14-17-4-2-6-21(17)23(12-19)24(22)28/h7-12,16-17,20-21H,1-6,13-14H2,(H,27,29)/t16-,17-,20-,21+/m0/s1. The average Bonchev–Trinajstić information content (AvgIpc) is 3.38. The lowest BCUT2D eigenvalue weighted by Crippen LogP contribution is -2.43. The van der Waals surface area contributed by atoms with Gasteiger partial charge in [-0.25, -0.2) is 0 Å². The van der Waals surface area contributed by atoms with E-state index in [4.69, 9.17) is 11.6 Å². The highest BCUT2D eigenvalue weighted by atomic mass is 35.5. The predicted molar refractivity (Wildman–Crippen MR) is 118 cm³/mol. The number of carbonyl (C=O) groups excluding carboxylic acids is 1. The molecule has 2 fully saturated rings. The fourth-order valence-electron chi connectivity index (χ4n) is 6.64. The van der Waals surface area contributed by atoms with Crippen LogP contribution in [0.3, 0.4) is 0 Å². The molecule has 0 bridgehead atoms. The van der Waals surface area contributed by atoms with Crippen molar-refractivity contribution in [2.75, 3.05) is 23.3 Å². The molecule has 4 aliphatic rings. The Bertz CT molecular complexity index is 924. The van der Waals surface area contributed by atoms with E-state index in [0.29, 0.717) is 22.4 Å². The zero-order valence-electron chi connectivity index (χ0n) is 16.7. The first-order valence-electron chi connectivity index (χ1n) is 11.2. The summed E-state index contributed by atoms with van der Waals surface area (Å²) in [5.41, 5.74) is 6.17. The van der Waals surface area contributed by atoms with Crippen LogP contribution in [0.15, 0.2) is 36.4 Å². The first kappa shape index (κ1) is 17.8. The number of nitrogens with zero attached hydrogens (tertiary/aromatic N) is 1. The van der Waals surface area contributed by atoms with E-state index in [9.17, 15) is 4.79 Å². The average molecular weight is 407 g/mol. The highest BCUT2D eigenvalue weighted by Crippen LogP contribution is 2.56. The number of anilines is 2. The molecule has 0 saturated heterocycles. The molecule has 2 heterocycles. The summed E-state index contributed by atoms with van der Waals surface area (Å²) in [4.78, 5) is 15.6. The molecule has 2 aromatic carbocycles. The highest BCUT2D eigenvalue weighted by molar-refractivity contribution is 6.30. The molecule has 2 aliphatic carbocycles. The molecule has 4 atom stereocenters. The number of fused-ring (bicyclic) bond motifs is 4. The van der Waals surface area contributed by atoms with Gasteiger partial charge >= 0.3 is 0 Å². The van der Waals surface area contributed by atoms with Crippen molar-refractivity contribution in [3.05, 3.63) is 58.1 Å². The summed E-state index contributed by atoms with van der Waals surface area (Å²) in [5, 5.41) is 3.85. The first-order chi connectivity index (χ1) is 14.2. The molecule has 0 spiro atoms. The second-order valence-electron chi connectivity index (χ2n) is 9.46. The van der Waals surface area contributed by atoms with Gasteiger partial charge in [0, 0.05) is 35.1 Å². The largest absolute Gasteiger partial charge is 0.370 e. The Morgan fingerprint density at radius 1 is 0.897 bits per heavy atom. The predicted octanol–water partition coefficient (Wildman–Crippen LogP) is 6.19. The Kier molecular flexibility index (Phi) is 4.16. The number of amides is 1. The third kappa shape index (κ3) is 2.89. The molecule has 0 aromatic heterocycles. The molecular weight excluding hydrogens is 380 g/mol. The van der Waals surface area contributed by atoms with Gasteiger partial charge < -0.3 is 10.2 Å². The highest BCUT2D eigenvalue weighted by Gasteiger charge is 2.44. The molecule has 2 aliphatic heterocycles. The zero-order chi connectivity index (χ0) is 19.5. The van der Waals surface area contributed by atoms with Crippen molar-refractivity contribution in [2.24, 2.45) is 11.8 Å². The van der Waals surface area contributed by atoms with Gasteiger partial charge in [0.15, 0.2) is 0 Å². The molecule has 1 N–H and O–H groups in total. The van der Waals surface area contributed by atoms with Crippen LogP contribution in [0, 0.1) is 11.8 Å². The second-order valence-corrected chi connectivity index (χ2v) is 9.90. The van der Waals surface area contributed by atoms with E-state index in [-0.39, 0.29) is 5.91 Å². The Morgan fingerprint density at radius 3 is 2.07 bits per heavy atom. The monoisotopic (exact) mass is 406 g/mol. The van der Waals surface area contributed by atoms with Crippen LogP contribution in [0.5, 0.6) is 0 Å². The summed E-state index contributed by atoms with van der Waals surface area (Å²) in [6.07, 6.45) is 7.98. The maximum Gasteiger partial charge on any atom is 0.255 e. The van der Waals surface area contributed by atoms with Crippen LogP contribution in [0.25, 0.3) is 0 Å². The van der Waals surface area contributed by atoms with Gasteiger partial charge in [-0.3, -0.25) is 4.79 Å². The number of carbonyl (C=O) groups is 1. The third-order valence-electron chi connectivity index (χ3n) is 7.88. The summed E-state index contributed by atoms with van der Waals surface area (Å²) in [5.74, 6) is 2.87. The summed E-state index contributed by atoms with van der Waals surface area (Å²) < 4.78 is 0. The molecule has 2 saturated carbocycles. The van der Waals surface area contributed by atoms with Gasteiger partial charge in [0.25, 0.3) is 5.91 Å². The lowest BCUT2D eigenvalue weighted by molar-refractivity contribution is 0.102. The van der Waals surface area contributed by atoms with Crippen molar-refractivity contribution < 1.29 is 4.79 Å². The quantitative estimate of drug-likeness (QED) is 0.644. The van der Waals surface area contributed by atoms with Gasteiger partial charge in [-0.2, -0.15) is 0 Å². The van der Waals surface area contributed by atoms with Crippen molar-refractivity contribution >= 4 is 28.9 Å². The van der Waals surface area contributed by atoms with E-state index in [1.807, 2.05) is 0 Å². The van der Waals surface area contributed by atoms with E-state index >= 15 is 0 Å². The van der Waals surface area contributed by atoms with Crippen LogP contribution in [0.1, 0.15) is 71.8 Å². The lowest BCUT2D eigenvalue weighted by Gasteiger charge is -2.46. The van der Waals surface area contributed by atoms with Crippen LogP contribution in [0.4, 0.5) is 11.4 Å². The van der Waals surface area contributed by atoms with Gasteiger partial charge in [0.05, 0.1) is 0 Å². The van der Waals surface area contributed by atoms with Crippen molar-refractivity contribution in [2.45, 2.75) is 50.4 Å². The molecule has 2 aromatic rings. The van der Waals surface area contributed by atoms with Crippen LogP contribution in [-0.2, 0) is 0 Å². The molecule has 29 heavy (non-hydrogen) atoms. The minimum Gasteiger partial charge on any atom is -0.370 e. The van der Waals surface area contributed by atoms with Gasteiger partial charge in [-0.15, -0.1) is 0 Å². The number of benzene rings is 2. The molecule has 0 radical (unpaired) electrons. The Hall–Kier alpha value is -2.00. The number of hydrogen-bond donors (Lipinski definition) is 1. The molecule has 4 heteroatoms. The molecule has 3 nitrogen and oxygen atoms in total. The van der Waals surface area contributed by atoms with Gasteiger partial charge in [0.2, 0.25) is 0 Å². The van der Waals surface area contributed by atoms with Crippen molar-refractivity contribution in [3.8, 4) is 0 Å². The van der Waals surface area contributed by atoms with E-state index < -0.39 is 0 Å². The number of halogens is 1. The minimum absolute atomic E-state index is 0.0526. The summed E-state index contributed by atoms with van der Waals surface area (Å²) in [7, 11) is 0. The van der Waals surface area contributed by atoms with E-state index in [1.54, 1.807) is 24.3 Å². The van der Waals surface area contributed by atoms with Gasteiger partial charge in [0.1, 0.15) is 0 Å². The molecule has 0 unspecified atom stereocenters. The fraction of sp³-hybridized carbons (Fsp3) is 0.480. The molecule has 1 amide bonds. The maximum absolute atomic E-state index is 12.9. The number of nitrogens with one attached hydrogen (secondary N) is 1. The number of hydrogen-bond acceptors (Lipinski definition) is 2. The minimum atomic E-state index is -0.0526. The van der Waals surface area contributed by atoms with E-state index in [0.717, 1.165) is 17.5 Å². The zero-order valence-corrected chi connectivity index (χ0v) is 17.4. The fourth-order valence-corrected chi connectivity index (χ4v) is 6.77. The topological polar surface area (TPSA) is 32.3 Å². The molecule has 6 rings (SSSR count).